The summed E-state index contributed by atoms with van der Waals surface area (Å²) in [6.07, 6.45) is 6.88. The molecular formula is C16H22N3OS+. The van der Waals surface area contributed by atoms with Gasteiger partial charge < -0.3 is 10.2 Å². The fourth-order valence-corrected chi connectivity index (χ4v) is 4.76. The molecule has 1 unspecified atom stereocenters. The van der Waals surface area contributed by atoms with Crippen LogP contribution >= 0.6 is 11.3 Å². The van der Waals surface area contributed by atoms with E-state index in [0.717, 1.165) is 30.8 Å². The molecule has 2 atom stereocenters. The van der Waals surface area contributed by atoms with Gasteiger partial charge in [0.2, 0.25) is 0 Å². The summed E-state index contributed by atoms with van der Waals surface area (Å²) < 4.78 is 0. The summed E-state index contributed by atoms with van der Waals surface area (Å²) in [5, 5.41) is 13.1. The number of quaternary nitrogens is 1. The summed E-state index contributed by atoms with van der Waals surface area (Å²) in [7, 11) is 0. The van der Waals surface area contributed by atoms with Crippen LogP contribution in [0.1, 0.15) is 48.6 Å². The van der Waals surface area contributed by atoms with Gasteiger partial charge in [-0.15, -0.1) is 11.3 Å². The number of carbonyl (C=O) groups excluding carboxylic acids is 1. The fraction of sp³-hybridized carbons (Fsp3) is 0.625. The molecule has 0 aromatic carbocycles. The van der Waals surface area contributed by atoms with E-state index in [-0.39, 0.29) is 5.91 Å². The lowest BCUT2D eigenvalue weighted by atomic mass is 10.0. The smallest absolute Gasteiger partial charge is 0.280 e. The number of likely N-dealkylation sites (tertiary alicyclic amines) is 1. The number of fused-ring (bicyclic) bond motifs is 1. The monoisotopic (exact) mass is 304 g/mol. The highest BCUT2D eigenvalue weighted by Gasteiger charge is 2.26. The quantitative estimate of drug-likeness (QED) is 0.889. The van der Waals surface area contributed by atoms with Gasteiger partial charge in [0.25, 0.3) is 5.91 Å². The van der Waals surface area contributed by atoms with Crippen molar-refractivity contribution in [2.24, 2.45) is 0 Å². The van der Waals surface area contributed by atoms with Gasteiger partial charge in [-0.3, -0.25) is 4.79 Å². The minimum atomic E-state index is 0.0511. The molecule has 112 valence electrons. The molecule has 1 fully saturated rings. The molecular weight excluding hydrogens is 282 g/mol. The van der Waals surface area contributed by atoms with Crippen molar-refractivity contribution in [3.63, 3.8) is 0 Å². The highest BCUT2D eigenvalue weighted by Crippen LogP contribution is 2.38. The standard InChI is InChI=1S/C16H21N3OS/c1-11-5-2-3-8-19(11)10-15(20)18-16-13(9-17)12-6-4-7-14(12)21-16/h11H,2-8,10H2,1H3,(H,18,20)/p+1/t11-/m0/s1. The Kier molecular flexibility index (Phi) is 4.27. The van der Waals surface area contributed by atoms with Crippen LogP contribution in [-0.4, -0.2) is 25.0 Å². The Morgan fingerprint density at radius 2 is 2.29 bits per heavy atom. The van der Waals surface area contributed by atoms with E-state index in [9.17, 15) is 10.1 Å². The predicted octanol–water partition coefficient (Wildman–Crippen LogP) is 1.50. The van der Waals surface area contributed by atoms with Crippen LogP contribution in [0.4, 0.5) is 5.00 Å². The van der Waals surface area contributed by atoms with E-state index in [2.05, 4.69) is 18.3 Å². The third kappa shape index (κ3) is 2.97. The first kappa shape index (κ1) is 14.6. The SMILES string of the molecule is C[C@H]1CCCC[NH+]1CC(=O)Nc1sc2c(c1C#N)CCC2. The number of nitrogens with zero attached hydrogens (tertiary/aromatic N) is 1. The van der Waals surface area contributed by atoms with Gasteiger partial charge in [0.15, 0.2) is 6.54 Å². The minimum absolute atomic E-state index is 0.0511. The number of anilines is 1. The molecule has 1 amide bonds. The van der Waals surface area contributed by atoms with Crippen LogP contribution in [0.25, 0.3) is 0 Å². The third-order valence-electron chi connectivity index (χ3n) is 4.76. The van der Waals surface area contributed by atoms with Crippen LogP contribution in [-0.2, 0) is 17.6 Å². The average Bonchev–Trinajstić information content (AvgIpc) is 3.01. The molecule has 1 aliphatic heterocycles. The van der Waals surface area contributed by atoms with Gasteiger partial charge in [0, 0.05) is 4.88 Å². The predicted molar refractivity (Wildman–Crippen MR) is 83.7 cm³/mol. The molecule has 0 saturated carbocycles. The van der Waals surface area contributed by atoms with E-state index in [0.29, 0.717) is 18.2 Å². The lowest BCUT2D eigenvalue weighted by molar-refractivity contribution is -0.920. The van der Waals surface area contributed by atoms with Crippen LogP contribution in [0.3, 0.4) is 0 Å². The van der Waals surface area contributed by atoms with Crippen molar-refractivity contribution in [2.75, 3.05) is 18.4 Å². The summed E-state index contributed by atoms with van der Waals surface area (Å²) in [6, 6.07) is 2.85. The summed E-state index contributed by atoms with van der Waals surface area (Å²) in [5.41, 5.74) is 1.89. The summed E-state index contributed by atoms with van der Waals surface area (Å²) in [6.45, 7) is 3.83. The first-order valence-electron chi connectivity index (χ1n) is 7.88. The zero-order chi connectivity index (χ0) is 14.8. The molecule has 1 aromatic heterocycles. The van der Waals surface area contributed by atoms with E-state index in [4.69, 9.17) is 0 Å². The van der Waals surface area contributed by atoms with Gasteiger partial charge in [-0.25, -0.2) is 0 Å². The number of thiophene rings is 1. The van der Waals surface area contributed by atoms with Crippen LogP contribution in [0.5, 0.6) is 0 Å². The van der Waals surface area contributed by atoms with Gasteiger partial charge >= 0.3 is 0 Å². The summed E-state index contributed by atoms with van der Waals surface area (Å²) in [4.78, 5) is 15.0. The zero-order valence-electron chi connectivity index (χ0n) is 12.5. The Morgan fingerprint density at radius 1 is 1.43 bits per heavy atom. The van der Waals surface area contributed by atoms with E-state index < -0.39 is 0 Å². The van der Waals surface area contributed by atoms with E-state index >= 15 is 0 Å². The van der Waals surface area contributed by atoms with E-state index in [1.165, 1.54) is 34.6 Å². The highest BCUT2D eigenvalue weighted by atomic mass is 32.1. The number of nitriles is 1. The van der Waals surface area contributed by atoms with Crippen molar-refractivity contribution in [1.29, 1.82) is 5.26 Å². The summed E-state index contributed by atoms with van der Waals surface area (Å²) >= 11 is 1.60. The third-order valence-corrected chi connectivity index (χ3v) is 5.96. The minimum Gasteiger partial charge on any atom is -0.325 e. The largest absolute Gasteiger partial charge is 0.325 e. The molecule has 3 rings (SSSR count). The van der Waals surface area contributed by atoms with Crippen LogP contribution in [0.2, 0.25) is 0 Å². The van der Waals surface area contributed by atoms with E-state index in [1.54, 1.807) is 11.3 Å². The maximum Gasteiger partial charge on any atom is 0.280 e. The molecule has 2 heterocycles. The second-order valence-electron chi connectivity index (χ2n) is 6.20. The molecule has 0 bridgehead atoms. The second kappa shape index (κ2) is 6.17. The molecule has 21 heavy (non-hydrogen) atoms. The van der Waals surface area contributed by atoms with Crippen LogP contribution < -0.4 is 10.2 Å². The van der Waals surface area contributed by atoms with Crippen molar-refractivity contribution in [3.8, 4) is 6.07 Å². The van der Waals surface area contributed by atoms with Crippen LogP contribution in [0.15, 0.2) is 0 Å². The normalized spacial score (nSPS) is 24.4. The Balaban J connectivity index is 1.67. The molecule has 4 nitrogen and oxygen atoms in total. The number of hydrogen-bond donors (Lipinski definition) is 2. The first-order chi connectivity index (χ1) is 10.2. The second-order valence-corrected chi connectivity index (χ2v) is 7.31. The number of carbonyl (C=O) groups is 1. The number of rotatable bonds is 3. The van der Waals surface area contributed by atoms with Crippen molar-refractivity contribution < 1.29 is 9.69 Å². The molecule has 0 spiro atoms. The van der Waals surface area contributed by atoms with Crippen molar-refractivity contribution >= 4 is 22.2 Å². The Labute approximate surface area is 129 Å². The Hall–Kier alpha value is -1.38. The maximum atomic E-state index is 12.3. The van der Waals surface area contributed by atoms with Crippen molar-refractivity contribution in [3.05, 3.63) is 16.0 Å². The van der Waals surface area contributed by atoms with Gasteiger partial charge in [0.05, 0.1) is 18.2 Å². The van der Waals surface area contributed by atoms with Gasteiger partial charge in [-0.05, 0) is 51.0 Å². The molecule has 0 radical (unpaired) electrons. The maximum absolute atomic E-state index is 12.3. The zero-order valence-corrected chi connectivity index (χ0v) is 13.3. The number of hydrogen-bond acceptors (Lipinski definition) is 3. The average molecular weight is 304 g/mol. The van der Waals surface area contributed by atoms with Crippen LogP contribution in [0, 0.1) is 11.3 Å². The molecule has 1 aliphatic carbocycles. The van der Waals surface area contributed by atoms with Gasteiger partial charge in [-0.1, -0.05) is 0 Å². The lowest BCUT2D eigenvalue weighted by Crippen LogP contribution is -3.17. The number of nitrogens with one attached hydrogen (secondary N) is 2. The fourth-order valence-electron chi connectivity index (χ4n) is 3.50. The lowest BCUT2D eigenvalue weighted by Gasteiger charge is -2.29. The molecule has 2 aliphatic rings. The Morgan fingerprint density at radius 3 is 3.05 bits per heavy atom. The topological polar surface area (TPSA) is 57.3 Å². The van der Waals surface area contributed by atoms with Crippen molar-refractivity contribution in [2.45, 2.75) is 51.5 Å². The Bertz CT molecular complexity index is 587. The molecule has 1 aromatic rings. The number of piperidine rings is 1. The molecule has 5 heteroatoms. The molecule has 1 saturated heterocycles. The number of aryl methyl sites for hydroxylation is 1. The number of amides is 1. The first-order valence-corrected chi connectivity index (χ1v) is 8.69. The van der Waals surface area contributed by atoms with Gasteiger partial charge in [-0.2, -0.15) is 5.26 Å². The van der Waals surface area contributed by atoms with Gasteiger partial charge in [0.1, 0.15) is 11.1 Å². The molecule has 2 N–H and O–H groups in total. The summed E-state index contributed by atoms with van der Waals surface area (Å²) in [5.74, 6) is 0.0511. The highest BCUT2D eigenvalue weighted by molar-refractivity contribution is 7.16. The van der Waals surface area contributed by atoms with Crippen molar-refractivity contribution in [1.82, 2.24) is 0 Å². The van der Waals surface area contributed by atoms with E-state index in [1.807, 2.05) is 0 Å².